The van der Waals surface area contributed by atoms with Gasteiger partial charge in [-0.3, -0.25) is 0 Å². The number of sulfone groups is 1. The number of hydrogen-bond donors (Lipinski definition) is 1. The van der Waals surface area contributed by atoms with Crippen LogP contribution < -0.4 is 10.2 Å². The molecule has 0 bridgehead atoms. The monoisotopic (exact) mass is 283 g/mol. The molecule has 1 aliphatic heterocycles. The Hall–Kier alpha value is -1.14. The fraction of sp³-hybridized carbons (Fsp3) is 0.615. The van der Waals surface area contributed by atoms with Crippen molar-refractivity contribution >= 4 is 15.7 Å². The summed E-state index contributed by atoms with van der Waals surface area (Å²) in [7, 11) is -2.86. The zero-order valence-electron chi connectivity index (χ0n) is 11.2. The van der Waals surface area contributed by atoms with Crippen LogP contribution in [0.3, 0.4) is 0 Å². The highest BCUT2D eigenvalue weighted by Gasteiger charge is 2.19. The number of anilines is 1. The van der Waals surface area contributed by atoms with Crippen molar-refractivity contribution in [1.29, 1.82) is 0 Å². The lowest BCUT2D eigenvalue weighted by molar-refractivity contribution is 0.422. The van der Waals surface area contributed by atoms with Gasteiger partial charge in [-0.2, -0.15) is 0 Å². The maximum atomic E-state index is 11.1. The zero-order valence-corrected chi connectivity index (χ0v) is 12.1. The van der Waals surface area contributed by atoms with Crippen molar-refractivity contribution in [3.63, 3.8) is 0 Å². The van der Waals surface area contributed by atoms with Crippen LogP contribution in [0, 0.1) is 0 Å². The zero-order chi connectivity index (χ0) is 13.7. The molecule has 2 rings (SSSR count). The molecule has 1 saturated heterocycles. The Kier molecular flexibility index (Phi) is 4.76. The van der Waals surface area contributed by atoms with Crippen LogP contribution in [0.1, 0.15) is 12.8 Å². The normalized spacial score (nSPS) is 17.6. The molecule has 106 valence electrons. The average molecular weight is 283 g/mol. The van der Waals surface area contributed by atoms with Crippen LogP contribution in [0.15, 0.2) is 24.4 Å². The van der Waals surface area contributed by atoms with E-state index in [1.807, 2.05) is 24.4 Å². The van der Waals surface area contributed by atoms with E-state index in [1.165, 1.54) is 6.26 Å². The van der Waals surface area contributed by atoms with Gasteiger partial charge in [-0.25, -0.2) is 13.4 Å². The van der Waals surface area contributed by atoms with Crippen LogP contribution >= 0.6 is 0 Å². The lowest BCUT2D eigenvalue weighted by atomic mass is 10.1. The van der Waals surface area contributed by atoms with Gasteiger partial charge in [0.2, 0.25) is 0 Å². The summed E-state index contributed by atoms with van der Waals surface area (Å²) in [5.41, 5.74) is 0. The summed E-state index contributed by atoms with van der Waals surface area (Å²) in [6.07, 6.45) is 5.14. The van der Waals surface area contributed by atoms with E-state index in [-0.39, 0.29) is 5.75 Å². The number of piperidine rings is 1. The third-order valence-electron chi connectivity index (χ3n) is 3.37. The number of aromatic nitrogens is 1. The average Bonchev–Trinajstić information content (AvgIpc) is 2.39. The maximum absolute atomic E-state index is 11.1. The van der Waals surface area contributed by atoms with Gasteiger partial charge in [-0.05, 0) is 25.0 Å². The molecule has 19 heavy (non-hydrogen) atoms. The summed E-state index contributed by atoms with van der Waals surface area (Å²) in [6.45, 7) is 2.48. The van der Waals surface area contributed by atoms with Crippen LogP contribution in [0.25, 0.3) is 0 Å². The summed E-state index contributed by atoms with van der Waals surface area (Å²) in [6, 6.07) is 6.36. The minimum Gasteiger partial charge on any atom is -0.357 e. The second-order valence-electron chi connectivity index (χ2n) is 5.03. The summed E-state index contributed by atoms with van der Waals surface area (Å²) < 4.78 is 22.1. The Morgan fingerprint density at radius 1 is 1.37 bits per heavy atom. The summed E-state index contributed by atoms with van der Waals surface area (Å²) in [5, 5.41) is 3.32. The molecule has 6 heteroatoms. The van der Waals surface area contributed by atoms with Crippen molar-refractivity contribution in [1.82, 2.24) is 10.3 Å². The van der Waals surface area contributed by atoms with E-state index in [0.717, 1.165) is 31.7 Å². The first kappa shape index (κ1) is 14.3. The van der Waals surface area contributed by atoms with E-state index in [2.05, 4.69) is 15.2 Å². The van der Waals surface area contributed by atoms with Crippen molar-refractivity contribution in [2.24, 2.45) is 0 Å². The fourth-order valence-electron chi connectivity index (χ4n) is 2.30. The molecule has 0 atom stereocenters. The predicted molar refractivity (Wildman–Crippen MR) is 77.2 cm³/mol. The molecular formula is C13H21N3O2S. The maximum Gasteiger partial charge on any atom is 0.148 e. The van der Waals surface area contributed by atoms with Crippen LogP contribution in [0.2, 0.25) is 0 Å². The van der Waals surface area contributed by atoms with E-state index < -0.39 is 9.84 Å². The molecule has 0 aliphatic carbocycles. The van der Waals surface area contributed by atoms with E-state index in [4.69, 9.17) is 0 Å². The molecule has 5 nitrogen and oxygen atoms in total. The smallest absolute Gasteiger partial charge is 0.148 e. The van der Waals surface area contributed by atoms with Gasteiger partial charge < -0.3 is 10.2 Å². The molecule has 0 amide bonds. The molecule has 1 N–H and O–H groups in total. The Balaban J connectivity index is 1.74. The van der Waals surface area contributed by atoms with Crippen LogP contribution in [0.4, 0.5) is 5.82 Å². The third kappa shape index (κ3) is 4.80. The highest BCUT2D eigenvalue weighted by molar-refractivity contribution is 7.90. The lowest BCUT2D eigenvalue weighted by Crippen LogP contribution is -2.44. The number of rotatable bonds is 5. The molecular weight excluding hydrogens is 262 g/mol. The van der Waals surface area contributed by atoms with Gasteiger partial charge in [-0.15, -0.1) is 0 Å². The molecule has 0 aromatic carbocycles. The predicted octanol–water partition coefficient (Wildman–Crippen LogP) is 0.685. The number of pyridine rings is 1. The van der Waals surface area contributed by atoms with Gasteiger partial charge in [0.1, 0.15) is 15.7 Å². The first-order valence-electron chi connectivity index (χ1n) is 6.62. The van der Waals surface area contributed by atoms with E-state index in [1.54, 1.807) is 0 Å². The van der Waals surface area contributed by atoms with Gasteiger partial charge in [0.15, 0.2) is 0 Å². The van der Waals surface area contributed by atoms with Crippen molar-refractivity contribution in [3.8, 4) is 0 Å². The number of hydrogen-bond acceptors (Lipinski definition) is 5. The topological polar surface area (TPSA) is 62.3 Å². The van der Waals surface area contributed by atoms with Gasteiger partial charge in [-0.1, -0.05) is 6.07 Å². The first-order valence-corrected chi connectivity index (χ1v) is 8.68. The highest BCUT2D eigenvalue weighted by Crippen LogP contribution is 2.16. The Morgan fingerprint density at radius 2 is 2.11 bits per heavy atom. The standard InChI is InChI=1S/C13H21N3O2S/c1-19(17,18)11-8-14-12-5-9-16(10-6-12)13-4-2-3-7-15-13/h2-4,7,12,14H,5-6,8-11H2,1H3. The summed E-state index contributed by atoms with van der Waals surface area (Å²) in [5.74, 6) is 1.24. The van der Waals surface area contributed by atoms with Crippen molar-refractivity contribution < 1.29 is 8.42 Å². The van der Waals surface area contributed by atoms with Crippen LogP contribution in [-0.4, -0.2) is 51.1 Å². The molecule has 2 heterocycles. The van der Waals surface area contributed by atoms with Crippen molar-refractivity contribution in [2.45, 2.75) is 18.9 Å². The van der Waals surface area contributed by atoms with Gasteiger partial charge in [0, 0.05) is 38.1 Å². The number of nitrogens with zero attached hydrogens (tertiary/aromatic N) is 2. The minimum atomic E-state index is -2.86. The quantitative estimate of drug-likeness (QED) is 0.861. The molecule has 0 spiro atoms. The van der Waals surface area contributed by atoms with Gasteiger partial charge in [0.25, 0.3) is 0 Å². The molecule has 1 aromatic heterocycles. The lowest BCUT2D eigenvalue weighted by Gasteiger charge is -2.33. The van der Waals surface area contributed by atoms with Crippen molar-refractivity contribution in [3.05, 3.63) is 24.4 Å². The minimum absolute atomic E-state index is 0.216. The Morgan fingerprint density at radius 3 is 2.68 bits per heavy atom. The fourth-order valence-corrected chi connectivity index (χ4v) is 2.79. The largest absolute Gasteiger partial charge is 0.357 e. The molecule has 1 fully saturated rings. The molecule has 0 saturated carbocycles. The highest BCUT2D eigenvalue weighted by atomic mass is 32.2. The van der Waals surface area contributed by atoms with E-state index in [9.17, 15) is 8.42 Å². The Labute approximate surface area is 114 Å². The second-order valence-corrected chi connectivity index (χ2v) is 7.29. The first-order chi connectivity index (χ1) is 9.04. The van der Waals surface area contributed by atoms with E-state index >= 15 is 0 Å². The Bertz CT molecular complexity index is 482. The molecule has 0 unspecified atom stereocenters. The molecule has 1 aromatic rings. The SMILES string of the molecule is CS(=O)(=O)CCNC1CCN(c2ccccn2)CC1. The van der Waals surface area contributed by atoms with Crippen LogP contribution in [-0.2, 0) is 9.84 Å². The molecule has 1 aliphatic rings. The summed E-state index contributed by atoms with van der Waals surface area (Å²) in [4.78, 5) is 6.62. The summed E-state index contributed by atoms with van der Waals surface area (Å²) >= 11 is 0. The molecule has 0 radical (unpaired) electrons. The van der Waals surface area contributed by atoms with Gasteiger partial charge in [0.05, 0.1) is 5.75 Å². The second kappa shape index (κ2) is 6.34. The van der Waals surface area contributed by atoms with E-state index in [0.29, 0.717) is 12.6 Å². The van der Waals surface area contributed by atoms with Gasteiger partial charge >= 0.3 is 0 Å². The number of nitrogens with one attached hydrogen (secondary N) is 1. The van der Waals surface area contributed by atoms with Crippen molar-refractivity contribution in [2.75, 3.05) is 36.5 Å². The van der Waals surface area contributed by atoms with Crippen LogP contribution in [0.5, 0.6) is 0 Å². The third-order valence-corrected chi connectivity index (χ3v) is 4.32.